The molecule has 0 spiro atoms. The van der Waals surface area contributed by atoms with Crippen molar-refractivity contribution in [3.8, 4) is 0 Å². The fourth-order valence-corrected chi connectivity index (χ4v) is 9.25. The smallest absolute Gasteiger partial charge is 0.309 e. The molecule has 1 aliphatic heterocycles. The summed E-state index contributed by atoms with van der Waals surface area (Å²) in [4.78, 5) is 25.6. The molecule has 1 saturated heterocycles. The highest BCUT2D eigenvalue weighted by molar-refractivity contribution is 5.95. The van der Waals surface area contributed by atoms with Crippen LogP contribution in [0.3, 0.4) is 0 Å². The molecular weight excluding hydrogens is 476 g/mol. The Kier molecular flexibility index (Phi) is 6.14. The average Bonchev–Trinajstić information content (AvgIpc) is 3.23. The number of esters is 1. The molecule has 5 N–H and O–H groups in total. The second kappa shape index (κ2) is 8.34. The van der Waals surface area contributed by atoms with Crippen LogP contribution in [0.25, 0.3) is 0 Å². The van der Waals surface area contributed by atoms with E-state index in [2.05, 4.69) is 0 Å². The lowest BCUT2D eigenvalue weighted by Crippen LogP contribution is -2.64. The minimum absolute atomic E-state index is 0.0414. The van der Waals surface area contributed by atoms with E-state index in [-0.39, 0.29) is 43.3 Å². The number of hydrogen-bond donors (Lipinski definition) is 5. The van der Waals surface area contributed by atoms with Gasteiger partial charge < -0.3 is 30.3 Å². The minimum atomic E-state index is -1.54. The summed E-state index contributed by atoms with van der Waals surface area (Å²) in [6, 6.07) is 0. The largest absolute Gasteiger partial charge is 0.459 e. The van der Waals surface area contributed by atoms with Crippen LogP contribution in [0, 0.1) is 34.5 Å². The van der Waals surface area contributed by atoms with Crippen molar-refractivity contribution in [1.29, 1.82) is 0 Å². The van der Waals surface area contributed by atoms with Gasteiger partial charge in [0.15, 0.2) is 5.78 Å². The molecule has 0 aromatic carbocycles. The Labute approximate surface area is 219 Å². The summed E-state index contributed by atoms with van der Waals surface area (Å²) in [5.41, 5.74) is -4.93. The first-order valence-corrected chi connectivity index (χ1v) is 14.0. The zero-order valence-electron chi connectivity index (χ0n) is 22.7. The van der Waals surface area contributed by atoms with Crippen LogP contribution in [0.5, 0.6) is 0 Å². The number of carbonyl (C=O) groups is 2. The Balaban J connectivity index is 1.48. The van der Waals surface area contributed by atoms with E-state index in [9.17, 15) is 35.1 Å². The summed E-state index contributed by atoms with van der Waals surface area (Å²) in [7, 11) is 0. The van der Waals surface area contributed by atoms with E-state index in [0.717, 1.165) is 0 Å². The molecule has 5 rings (SSSR count). The van der Waals surface area contributed by atoms with Crippen LogP contribution in [-0.4, -0.2) is 72.4 Å². The predicted molar refractivity (Wildman–Crippen MR) is 134 cm³/mol. The summed E-state index contributed by atoms with van der Waals surface area (Å²) < 4.78 is 5.39. The number of hydrogen-bond acceptors (Lipinski definition) is 8. The molecule has 0 aromatic rings. The Morgan fingerprint density at radius 3 is 2.43 bits per heavy atom. The fourth-order valence-electron chi connectivity index (χ4n) is 9.25. The Morgan fingerprint density at radius 2 is 1.78 bits per heavy atom. The molecule has 0 aromatic heterocycles. The van der Waals surface area contributed by atoms with Crippen LogP contribution in [0.2, 0.25) is 0 Å². The highest BCUT2D eigenvalue weighted by Gasteiger charge is 2.70. The summed E-state index contributed by atoms with van der Waals surface area (Å²) in [5, 5.41) is 56.8. The van der Waals surface area contributed by atoms with E-state index in [1.165, 1.54) is 0 Å². The van der Waals surface area contributed by atoms with Gasteiger partial charge in [0.25, 0.3) is 0 Å². The Morgan fingerprint density at radius 1 is 1.11 bits per heavy atom. The molecule has 208 valence electrons. The zero-order chi connectivity index (χ0) is 27.3. The van der Waals surface area contributed by atoms with E-state index < -0.39 is 63.8 Å². The molecule has 4 fully saturated rings. The summed E-state index contributed by atoms with van der Waals surface area (Å²) >= 11 is 0. The van der Waals surface area contributed by atoms with Crippen LogP contribution >= 0.6 is 0 Å². The minimum Gasteiger partial charge on any atom is -0.459 e. The first kappa shape index (κ1) is 27.3. The van der Waals surface area contributed by atoms with Gasteiger partial charge in [-0.3, -0.25) is 9.59 Å². The molecule has 0 bridgehead atoms. The maximum absolute atomic E-state index is 13.5. The van der Waals surface area contributed by atoms with Gasteiger partial charge in [-0.15, -0.1) is 0 Å². The van der Waals surface area contributed by atoms with E-state index in [1.54, 1.807) is 13.0 Å². The van der Waals surface area contributed by atoms with E-state index in [4.69, 9.17) is 4.74 Å². The summed E-state index contributed by atoms with van der Waals surface area (Å²) in [6.45, 7) is 9.29. The van der Waals surface area contributed by atoms with Gasteiger partial charge >= 0.3 is 5.97 Å². The van der Waals surface area contributed by atoms with Crippen LogP contribution < -0.4 is 0 Å². The van der Waals surface area contributed by atoms with Crippen LogP contribution in [0.15, 0.2) is 11.6 Å². The van der Waals surface area contributed by atoms with Crippen molar-refractivity contribution in [2.24, 2.45) is 34.5 Å². The molecular formula is C29H44O8. The number of aliphatic hydroxyl groups excluding tert-OH is 2. The van der Waals surface area contributed by atoms with Gasteiger partial charge in [-0.05, 0) is 80.3 Å². The molecule has 4 aliphatic carbocycles. The molecule has 0 amide bonds. The Bertz CT molecular complexity index is 1020. The van der Waals surface area contributed by atoms with Crippen molar-refractivity contribution >= 4 is 11.8 Å². The predicted octanol–water partition coefficient (Wildman–Crippen LogP) is 2.03. The number of ether oxygens (including phenoxy) is 1. The molecule has 11 unspecified atom stereocenters. The third kappa shape index (κ3) is 3.65. The van der Waals surface area contributed by atoms with Crippen LogP contribution in [0.1, 0.15) is 86.0 Å². The number of carbonyl (C=O) groups excluding carboxylic acids is 2. The van der Waals surface area contributed by atoms with E-state index >= 15 is 0 Å². The van der Waals surface area contributed by atoms with Gasteiger partial charge in [-0.2, -0.15) is 0 Å². The van der Waals surface area contributed by atoms with Gasteiger partial charge in [-0.25, -0.2) is 0 Å². The molecule has 11 atom stereocenters. The van der Waals surface area contributed by atoms with Crippen molar-refractivity contribution in [3.05, 3.63) is 11.6 Å². The number of allylic oxidation sites excluding steroid dienone is 1. The molecule has 3 saturated carbocycles. The first-order valence-electron chi connectivity index (χ1n) is 14.0. The van der Waals surface area contributed by atoms with Crippen molar-refractivity contribution in [2.45, 2.75) is 121 Å². The summed E-state index contributed by atoms with van der Waals surface area (Å²) in [5.74, 6) is -1.59. The SMILES string of the molecule is CC(C)C(O)CC(O)C(C)(O)C1CCC2(O)C3=CC(=O)C4CC5OC(=O)CC5(O)CC4(C)C3CCC12C. The monoisotopic (exact) mass is 520 g/mol. The number of aliphatic hydroxyl groups is 5. The van der Waals surface area contributed by atoms with Crippen LogP contribution in [0.4, 0.5) is 0 Å². The molecule has 5 aliphatic rings. The zero-order valence-corrected chi connectivity index (χ0v) is 22.7. The van der Waals surface area contributed by atoms with Crippen LogP contribution in [-0.2, 0) is 14.3 Å². The molecule has 8 heteroatoms. The molecule has 37 heavy (non-hydrogen) atoms. The van der Waals surface area contributed by atoms with Gasteiger partial charge in [0, 0.05) is 17.8 Å². The van der Waals surface area contributed by atoms with Gasteiger partial charge in [0.05, 0.1) is 29.8 Å². The standard InChI is InChI=1S/C29H44O8/c1-15(2)19(30)12-22(32)27(5,34)21-7-9-29(36)17-10-20(31)18-11-23-28(35,13-24(33)37-23)14-25(18,3)16(17)6-8-26(21,29)4/h10,15-16,18-19,21-23,30,32,34-36H,6-9,11-14H2,1-5H3. The van der Waals surface area contributed by atoms with E-state index in [0.29, 0.717) is 31.3 Å². The normalized spacial score (nSPS) is 48.2. The van der Waals surface area contributed by atoms with Gasteiger partial charge in [-0.1, -0.05) is 27.7 Å². The van der Waals surface area contributed by atoms with Crippen molar-refractivity contribution in [3.63, 3.8) is 0 Å². The number of rotatable bonds is 5. The highest BCUT2D eigenvalue weighted by atomic mass is 16.6. The number of ketones is 1. The van der Waals surface area contributed by atoms with Crippen molar-refractivity contribution in [1.82, 2.24) is 0 Å². The lowest BCUT2D eigenvalue weighted by Gasteiger charge is -2.61. The second-order valence-corrected chi connectivity index (χ2v) is 14.0. The fraction of sp³-hybridized carbons (Fsp3) is 0.862. The van der Waals surface area contributed by atoms with Gasteiger partial charge in [0.2, 0.25) is 0 Å². The quantitative estimate of drug-likeness (QED) is 0.346. The first-order chi connectivity index (χ1) is 17.0. The maximum Gasteiger partial charge on any atom is 0.309 e. The molecule has 8 nitrogen and oxygen atoms in total. The van der Waals surface area contributed by atoms with E-state index in [1.807, 2.05) is 27.7 Å². The van der Waals surface area contributed by atoms with Crippen molar-refractivity contribution in [2.75, 3.05) is 0 Å². The van der Waals surface area contributed by atoms with Crippen molar-refractivity contribution < 1.29 is 39.9 Å². The average molecular weight is 521 g/mol. The molecule has 0 radical (unpaired) electrons. The topological polar surface area (TPSA) is 145 Å². The van der Waals surface area contributed by atoms with Gasteiger partial charge in [0.1, 0.15) is 11.7 Å². The Hall–Kier alpha value is -1.32. The second-order valence-electron chi connectivity index (χ2n) is 14.0. The molecule has 1 heterocycles. The number of fused-ring (bicyclic) bond motifs is 6. The third-order valence-corrected chi connectivity index (χ3v) is 11.6. The maximum atomic E-state index is 13.5. The lowest BCUT2D eigenvalue weighted by molar-refractivity contribution is -0.185. The highest BCUT2D eigenvalue weighted by Crippen LogP contribution is 2.69. The summed E-state index contributed by atoms with van der Waals surface area (Å²) in [6.07, 6.45) is 1.59. The lowest BCUT2D eigenvalue weighted by atomic mass is 9.44. The third-order valence-electron chi connectivity index (χ3n) is 11.6.